The lowest BCUT2D eigenvalue weighted by atomic mass is 9.85. The van der Waals surface area contributed by atoms with E-state index in [0.717, 1.165) is 19.3 Å². The second kappa shape index (κ2) is 5.87. The zero-order valence-corrected chi connectivity index (χ0v) is 14.8. The van der Waals surface area contributed by atoms with Gasteiger partial charge in [0.25, 0.3) is 0 Å². The molecule has 4 fully saturated rings. The number of aliphatic hydroxyl groups is 1. The van der Waals surface area contributed by atoms with Crippen molar-refractivity contribution in [1.82, 2.24) is 0 Å². The molecule has 7 atom stereocenters. The van der Waals surface area contributed by atoms with Gasteiger partial charge in [-0.15, -0.1) is 0 Å². The van der Waals surface area contributed by atoms with Gasteiger partial charge in [0.2, 0.25) is 0 Å². The smallest absolute Gasteiger partial charge is 0.164 e. The molecule has 0 spiro atoms. The van der Waals surface area contributed by atoms with Crippen LogP contribution in [-0.4, -0.2) is 66.2 Å². The Morgan fingerprint density at radius 2 is 1.38 bits per heavy atom. The fraction of sp³-hybridized carbons (Fsp3) is 1.00. The molecule has 3 heterocycles. The molecule has 3 saturated heterocycles. The third kappa shape index (κ3) is 3.00. The maximum atomic E-state index is 10.7. The number of rotatable bonds is 2. The van der Waals surface area contributed by atoms with E-state index in [2.05, 4.69) is 0 Å². The SMILES string of the molecule is CC1(C)O[C@@H]2C(O[C@H]3CCCCO3)[C@@H]3OC(C)(C)O[C@@H]3C(O)[C@@H]2O1. The van der Waals surface area contributed by atoms with Gasteiger partial charge in [0.1, 0.15) is 36.6 Å². The van der Waals surface area contributed by atoms with Gasteiger partial charge in [0, 0.05) is 6.61 Å². The van der Waals surface area contributed by atoms with E-state index in [1.807, 2.05) is 27.7 Å². The Morgan fingerprint density at radius 3 is 1.88 bits per heavy atom. The lowest BCUT2D eigenvalue weighted by Gasteiger charge is -2.42. The molecule has 7 nitrogen and oxygen atoms in total. The first-order valence-electron chi connectivity index (χ1n) is 8.92. The Bertz CT molecular complexity index is 442. The van der Waals surface area contributed by atoms with Crippen LogP contribution < -0.4 is 0 Å². The highest BCUT2D eigenvalue weighted by Gasteiger charge is 2.63. The highest BCUT2D eigenvalue weighted by atomic mass is 16.8. The molecule has 0 amide bonds. The summed E-state index contributed by atoms with van der Waals surface area (Å²) < 4.78 is 36.0. The number of aliphatic hydroxyl groups excluding tert-OH is 1. The van der Waals surface area contributed by atoms with Crippen LogP contribution in [0.5, 0.6) is 0 Å². The van der Waals surface area contributed by atoms with E-state index in [1.54, 1.807) is 0 Å². The number of hydrogen-bond acceptors (Lipinski definition) is 7. The first-order chi connectivity index (χ1) is 11.3. The number of fused-ring (bicyclic) bond motifs is 2. The average Bonchev–Trinajstić information content (AvgIpc) is 3.00. The van der Waals surface area contributed by atoms with Gasteiger partial charge in [-0.05, 0) is 47.0 Å². The summed E-state index contributed by atoms with van der Waals surface area (Å²) in [6.07, 6.45) is -0.375. The molecule has 7 heteroatoms. The van der Waals surface area contributed by atoms with Crippen molar-refractivity contribution >= 4 is 0 Å². The van der Waals surface area contributed by atoms with Crippen molar-refractivity contribution in [3.8, 4) is 0 Å². The fourth-order valence-electron chi connectivity index (χ4n) is 4.19. The molecule has 3 aliphatic heterocycles. The van der Waals surface area contributed by atoms with Crippen LogP contribution in [0.2, 0.25) is 0 Å². The first kappa shape index (κ1) is 17.1. The van der Waals surface area contributed by atoms with Crippen molar-refractivity contribution in [2.24, 2.45) is 0 Å². The molecular weight excluding hydrogens is 316 g/mol. The minimum atomic E-state index is -0.823. The molecular formula is C17H28O7. The monoisotopic (exact) mass is 344 g/mol. The molecule has 0 aromatic heterocycles. The van der Waals surface area contributed by atoms with Gasteiger partial charge in [-0.25, -0.2) is 0 Å². The molecule has 1 aliphatic carbocycles. The lowest BCUT2D eigenvalue weighted by Crippen LogP contribution is -2.63. The molecule has 4 rings (SSSR count). The van der Waals surface area contributed by atoms with Crippen LogP contribution >= 0.6 is 0 Å². The Labute approximate surface area is 142 Å². The van der Waals surface area contributed by atoms with Crippen LogP contribution in [0.4, 0.5) is 0 Å². The topological polar surface area (TPSA) is 75.6 Å². The molecule has 0 radical (unpaired) electrons. The minimum absolute atomic E-state index is 0.278. The highest BCUT2D eigenvalue weighted by Crippen LogP contribution is 2.45. The van der Waals surface area contributed by atoms with Crippen LogP contribution in [0.1, 0.15) is 47.0 Å². The third-order valence-electron chi connectivity index (χ3n) is 5.09. The Kier molecular flexibility index (Phi) is 4.20. The molecule has 0 aromatic carbocycles. The summed E-state index contributed by atoms with van der Waals surface area (Å²) in [6, 6.07) is 0. The van der Waals surface area contributed by atoms with Crippen molar-refractivity contribution < 1.29 is 33.5 Å². The predicted octanol–water partition coefficient (Wildman–Crippen LogP) is 1.31. The largest absolute Gasteiger partial charge is 0.387 e. The molecule has 1 N–H and O–H groups in total. The van der Waals surface area contributed by atoms with Crippen molar-refractivity contribution in [2.75, 3.05) is 6.61 Å². The van der Waals surface area contributed by atoms with Crippen LogP contribution in [0, 0.1) is 0 Å². The fourth-order valence-corrected chi connectivity index (χ4v) is 4.19. The number of hydrogen-bond donors (Lipinski definition) is 1. The highest BCUT2D eigenvalue weighted by molar-refractivity contribution is 5.08. The van der Waals surface area contributed by atoms with Crippen LogP contribution in [0.25, 0.3) is 0 Å². The van der Waals surface area contributed by atoms with Gasteiger partial charge < -0.3 is 33.5 Å². The van der Waals surface area contributed by atoms with E-state index in [-0.39, 0.29) is 6.29 Å². The van der Waals surface area contributed by atoms with E-state index in [9.17, 15) is 5.11 Å². The maximum absolute atomic E-state index is 10.7. The summed E-state index contributed by atoms with van der Waals surface area (Å²) in [5.74, 6) is -1.56. The van der Waals surface area contributed by atoms with Gasteiger partial charge >= 0.3 is 0 Å². The van der Waals surface area contributed by atoms with Gasteiger partial charge in [-0.1, -0.05) is 0 Å². The van der Waals surface area contributed by atoms with Crippen molar-refractivity contribution in [3.63, 3.8) is 0 Å². The van der Waals surface area contributed by atoms with E-state index in [4.69, 9.17) is 28.4 Å². The standard InChI is InChI=1S/C17H28O7/c1-16(2)21-11-10(18)12-15(24-17(3,4)22-12)13(14(11)23-16)20-9-7-5-6-8-19-9/h9-15,18H,5-8H2,1-4H3/t9-,10?,11-,12+,13?,14-,15+/m0/s1. The van der Waals surface area contributed by atoms with Crippen LogP contribution in [0.15, 0.2) is 0 Å². The van der Waals surface area contributed by atoms with Gasteiger partial charge in [-0.3, -0.25) is 0 Å². The van der Waals surface area contributed by atoms with Gasteiger partial charge in [-0.2, -0.15) is 0 Å². The Balaban J connectivity index is 1.60. The molecule has 2 unspecified atom stereocenters. The van der Waals surface area contributed by atoms with Crippen molar-refractivity contribution in [1.29, 1.82) is 0 Å². The third-order valence-corrected chi connectivity index (χ3v) is 5.09. The summed E-state index contributed by atoms with van der Waals surface area (Å²) in [6.45, 7) is 8.07. The van der Waals surface area contributed by atoms with E-state index < -0.39 is 48.2 Å². The van der Waals surface area contributed by atoms with E-state index >= 15 is 0 Å². The molecule has 0 bridgehead atoms. The molecule has 0 aromatic rings. The van der Waals surface area contributed by atoms with Gasteiger partial charge in [0.15, 0.2) is 17.9 Å². The predicted molar refractivity (Wildman–Crippen MR) is 82.1 cm³/mol. The maximum Gasteiger partial charge on any atom is 0.164 e. The summed E-state index contributed by atoms with van der Waals surface area (Å²) >= 11 is 0. The number of ether oxygens (including phenoxy) is 6. The summed E-state index contributed by atoms with van der Waals surface area (Å²) in [4.78, 5) is 0. The van der Waals surface area contributed by atoms with E-state index in [1.165, 1.54) is 0 Å². The van der Waals surface area contributed by atoms with Crippen LogP contribution in [0.3, 0.4) is 0 Å². The zero-order valence-electron chi connectivity index (χ0n) is 14.8. The lowest BCUT2D eigenvalue weighted by molar-refractivity contribution is -0.254. The quantitative estimate of drug-likeness (QED) is 0.809. The first-order valence-corrected chi connectivity index (χ1v) is 8.92. The Hall–Kier alpha value is -0.280. The summed E-state index contributed by atoms with van der Waals surface area (Å²) in [7, 11) is 0. The second-order valence-electron chi connectivity index (χ2n) is 8.02. The van der Waals surface area contributed by atoms with Crippen molar-refractivity contribution in [2.45, 2.75) is 101 Å². The van der Waals surface area contributed by atoms with E-state index in [0.29, 0.717) is 6.61 Å². The molecule has 138 valence electrons. The normalized spacial score (nSPS) is 49.6. The minimum Gasteiger partial charge on any atom is -0.387 e. The second-order valence-corrected chi connectivity index (χ2v) is 8.02. The Morgan fingerprint density at radius 1 is 0.833 bits per heavy atom. The summed E-state index contributed by atoms with van der Waals surface area (Å²) in [5, 5.41) is 10.7. The molecule has 24 heavy (non-hydrogen) atoms. The zero-order chi connectivity index (χ0) is 17.1. The summed E-state index contributed by atoms with van der Waals surface area (Å²) in [5.41, 5.74) is 0. The van der Waals surface area contributed by atoms with Crippen molar-refractivity contribution in [3.05, 3.63) is 0 Å². The molecule has 1 saturated carbocycles. The molecule has 4 aliphatic rings. The average molecular weight is 344 g/mol. The van der Waals surface area contributed by atoms with Gasteiger partial charge in [0.05, 0.1) is 0 Å². The van der Waals surface area contributed by atoms with Crippen LogP contribution in [-0.2, 0) is 28.4 Å².